The van der Waals surface area contributed by atoms with Crippen molar-refractivity contribution in [1.82, 2.24) is 5.43 Å². The van der Waals surface area contributed by atoms with Gasteiger partial charge < -0.3 is 5.11 Å². The molecule has 0 radical (unpaired) electrons. The minimum absolute atomic E-state index is 0.166. The molecule has 0 aromatic heterocycles. The summed E-state index contributed by atoms with van der Waals surface area (Å²) in [5.74, 6) is 2.97. The van der Waals surface area contributed by atoms with Gasteiger partial charge in [0, 0.05) is 11.3 Å². The van der Waals surface area contributed by atoms with Gasteiger partial charge in [-0.3, -0.25) is 4.79 Å². The van der Waals surface area contributed by atoms with Gasteiger partial charge in [-0.25, -0.2) is 5.43 Å². The Morgan fingerprint density at radius 1 is 1.00 bits per heavy atom. The van der Waals surface area contributed by atoms with Crippen LogP contribution in [0.1, 0.15) is 42.5 Å². The normalized spacial score (nSPS) is 33.0. The van der Waals surface area contributed by atoms with Gasteiger partial charge >= 0.3 is 0 Å². The number of nitrogens with one attached hydrogen (secondary N) is 1. The second-order valence-electron chi connectivity index (χ2n) is 6.83. The second-order valence-corrected chi connectivity index (χ2v) is 6.83. The lowest BCUT2D eigenvalue weighted by atomic mass is 9.55. The first-order chi connectivity index (χ1) is 10.2. The largest absolute Gasteiger partial charge is 0.508 e. The Bertz CT molecular complexity index is 561. The molecule has 1 aromatic rings. The van der Waals surface area contributed by atoms with Crippen molar-refractivity contribution < 1.29 is 9.90 Å². The predicted molar refractivity (Wildman–Crippen MR) is 80.1 cm³/mol. The van der Waals surface area contributed by atoms with Crippen molar-refractivity contribution in [2.45, 2.75) is 32.1 Å². The number of aromatic hydroxyl groups is 1. The molecule has 0 spiro atoms. The van der Waals surface area contributed by atoms with Crippen LogP contribution < -0.4 is 5.43 Å². The number of hydrogen-bond acceptors (Lipinski definition) is 3. The minimum Gasteiger partial charge on any atom is -0.508 e. The van der Waals surface area contributed by atoms with Gasteiger partial charge in [0.05, 0.1) is 0 Å². The third-order valence-corrected chi connectivity index (χ3v) is 5.39. The van der Waals surface area contributed by atoms with Gasteiger partial charge in [-0.15, -0.1) is 0 Å². The third-order valence-electron chi connectivity index (χ3n) is 5.39. The topological polar surface area (TPSA) is 61.7 Å². The lowest BCUT2D eigenvalue weighted by Crippen LogP contribution is -2.46. The molecule has 1 aromatic carbocycles. The maximum atomic E-state index is 12.1. The lowest BCUT2D eigenvalue weighted by molar-refractivity contribution is 0.0942. The number of rotatable bonds is 2. The number of benzene rings is 1. The van der Waals surface area contributed by atoms with E-state index in [9.17, 15) is 9.90 Å². The second kappa shape index (κ2) is 4.86. The summed E-state index contributed by atoms with van der Waals surface area (Å²) in [6, 6.07) is 6.26. The van der Waals surface area contributed by atoms with Crippen LogP contribution in [0.5, 0.6) is 5.75 Å². The highest BCUT2D eigenvalue weighted by molar-refractivity contribution is 5.96. The van der Waals surface area contributed by atoms with Gasteiger partial charge in [0.1, 0.15) is 5.75 Å². The van der Waals surface area contributed by atoms with Crippen LogP contribution in [0.15, 0.2) is 29.4 Å². The van der Waals surface area contributed by atoms with Crippen LogP contribution in [0, 0.1) is 23.7 Å². The fourth-order valence-electron chi connectivity index (χ4n) is 4.64. The Morgan fingerprint density at radius 3 is 2.14 bits per heavy atom. The maximum Gasteiger partial charge on any atom is 0.271 e. The molecule has 2 N–H and O–H groups in total. The maximum absolute atomic E-state index is 12.1. The number of phenolic OH excluding ortho intramolecular Hbond substituents is 1. The molecule has 0 heterocycles. The van der Waals surface area contributed by atoms with E-state index >= 15 is 0 Å². The SMILES string of the molecule is O=C(NN=C1C2CC3CC(C2)CC1C3)c1ccc(O)cc1. The summed E-state index contributed by atoms with van der Waals surface area (Å²) in [4.78, 5) is 12.1. The van der Waals surface area contributed by atoms with E-state index in [0.717, 1.165) is 11.8 Å². The summed E-state index contributed by atoms with van der Waals surface area (Å²) in [7, 11) is 0. The molecule has 110 valence electrons. The Balaban J connectivity index is 1.48. The van der Waals surface area contributed by atoms with Crippen LogP contribution in [0.3, 0.4) is 0 Å². The molecule has 4 nitrogen and oxygen atoms in total. The molecule has 4 fully saturated rings. The zero-order chi connectivity index (χ0) is 14.4. The Kier molecular flexibility index (Phi) is 2.98. The zero-order valence-electron chi connectivity index (χ0n) is 12.0. The number of carbonyl (C=O) groups is 1. The van der Waals surface area contributed by atoms with Crippen LogP contribution in [0.25, 0.3) is 0 Å². The Hall–Kier alpha value is -1.84. The highest BCUT2D eigenvalue weighted by atomic mass is 16.3. The van der Waals surface area contributed by atoms with Gasteiger partial charge in [0.2, 0.25) is 0 Å². The molecular formula is C17H20N2O2. The highest BCUT2D eigenvalue weighted by Gasteiger charge is 2.46. The third kappa shape index (κ3) is 2.33. The highest BCUT2D eigenvalue weighted by Crippen LogP contribution is 2.52. The average molecular weight is 284 g/mol. The number of nitrogens with zero attached hydrogens (tertiary/aromatic N) is 1. The van der Waals surface area contributed by atoms with E-state index in [-0.39, 0.29) is 11.7 Å². The fourth-order valence-corrected chi connectivity index (χ4v) is 4.64. The summed E-state index contributed by atoms with van der Waals surface area (Å²) >= 11 is 0. The smallest absolute Gasteiger partial charge is 0.271 e. The monoisotopic (exact) mass is 284 g/mol. The first kappa shape index (κ1) is 12.9. The van der Waals surface area contributed by atoms with Crippen molar-refractivity contribution in [3.05, 3.63) is 29.8 Å². The molecule has 21 heavy (non-hydrogen) atoms. The standard InChI is InChI=1S/C17H20N2O2/c20-15-3-1-12(2-4-15)17(21)19-18-16-13-6-10-5-11(8-13)9-14(16)7-10/h1-4,10-11,13-14,20H,5-9H2,(H,19,21). The van der Waals surface area contributed by atoms with E-state index in [4.69, 9.17) is 0 Å². The summed E-state index contributed by atoms with van der Waals surface area (Å²) in [6.45, 7) is 0. The molecule has 1 amide bonds. The lowest BCUT2D eigenvalue weighted by Gasteiger charge is -2.50. The van der Waals surface area contributed by atoms with Crippen LogP contribution in [-0.2, 0) is 0 Å². The first-order valence-electron chi connectivity index (χ1n) is 7.86. The number of hydrazone groups is 1. The fraction of sp³-hybridized carbons (Fsp3) is 0.529. The Morgan fingerprint density at radius 2 is 1.57 bits per heavy atom. The zero-order valence-corrected chi connectivity index (χ0v) is 12.0. The molecule has 4 bridgehead atoms. The van der Waals surface area contributed by atoms with Gasteiger partial charge in [-0.05, 0) is 80.0 Å². The van der Waals surface area contributed by atoms with Crippen LogP contribution in [-0.4, -0.2) is 16.7 Å². The molecular weight excluding hydrogens is 264 g/mol. The number of hydrogen-bond donors (Lipinski definition) is 2. The Labute approximate surface area is 124 Å². The molecule has 0 atom stereocenters. The van der Waals surface area contributed by atoms with E-state index in [2.05, 4.69) is 10.5 Å². The molecule has 5 rings (SSSR count). The summed E-state index contributed by atoms with van der Waals surface area (Å²) in [6.07, 6.45) is 6.48. The molecule has 0 saturated heterocycles. The molecule has 0 unspecified atom stereocenters. The van der Waals surface area contributed by atoms with E-state index in [1.54, 1.807) is 12.1 Å². The van der Waals surface area contributed by atoms with E-state index in [1.165, 1.54) is 49.9 Å². The summed E-state index contributed by atoms with van der Waals surface area (Å²) in [5.41, 5.74) is 4.47. The first-order valence-corrected chi connectivity index (χ1v) is 7.86. The number of carbonyl (C=O) groups excluding carboxylic acids is 1. The van der Waals surface area contributed by atoms with Gasteiger partial charge in [-0.1, -0.05) is 0 Å². The van der Waals surface area contributed by atoms with Crippen molar-refractivity contribution in [2.24, 2.45) is 28.8 Å². The summed E-state index contributed by atoms with van der Waals surface area (Å²) < 4.78 is 0. The minimum atomic E-state index is -0.198. The average Bonchev–Trinajstić information content (AvgIpc) is 2.46. The number of phenols is 1. The number of amides is 1. The van der Waals surface area contributed by atoms with Gasteiger partial charge in [0.15, 0.2) is 0 Å². The van der Waals surface area contributed by atoms with E-state index < -0.39 is 0 Å². The van der Waals surface area contributed by atoms with Crippen molar-refractivity contribution in [3.8, 4) is 5.75 Å². The van der Waals surface area contributed by atoms with Gasteiger partial charge in [0.25, 0.3) is 5.91 Å². The molecule has 4 saturated carbocycles. The molecule has 0 aliphatic heterocycles. The van der Waals surface area contributed by atoms with Crippen molar-refractivity contribution in [1.29, 1.82) is 0 Å². The van der Waals surface area contributed by atoms with Crippen LogP contribution in [0.4, 0.5) is 0 Å². The van der Waals surface area contributed by atoms with Crippen molar-refractivity contribution >= 4 is 11.6 Å². The van der Waals surface area contributed by atoms with Crippen LogP contribution >= 0.6 is 0 Å². The van der Waals surface area contributed by atoms with E-state index in [1.807, 2.05) is 0 Å². The van der Waals surface area contributed by atoms with Crippen molar-refractivity contribution in [3.63, 3.8) is 0 Å². The quantitative estimate of drug-likeness (QED) is 0.820. The molecule has 4 aliphatic carbocycles. The predicted octanol–water partition coefficient (Wildman–Crippen LogP) is 2.93. The van der Waals surface area contributed by atoms with Crippen molar-refractivity contribution in [2.75, 3.05) is 0 Å². The molecule has 4 heteroatoms. The van der Waals surface area contributed by atoms with E-state index in [0.29, 0.717) is 17.4 Å². The molecule has 4 aliphatic rings. The van der Waals surface area contributed by atoms with Gasteiger partial charge in [-0.2, -0.15) is 5.10 Å². The van der Waals surface area contributed by atoms with Crippen LogP contribution in [0.2, 0.25) is 0 Å². The summed E-state index contributed by atoms with van der Waals surface area (Å²) in [5, 5.41) is 13.7.